The number of nitrogens with one attached hydrogen (secondary N) is 1. The van der Waals surface area contributed by atoms with Crippen molar-refractivity contribution in [2.45, 2.75) is 25.3 Å². The molecule has 6 heteroatoms. The number of carbonyl (C=O) groups excluding carboxylic acids is 1. The molecule has 1 amide bonds. The lowest BCUT2D eigenvalue weighted by molar-refractivity contribution is -0.140. The smallest absolute Gasteiger partial charge is 0.222 e. The van der Waals surface area contributed by atoms with Gasteiger partial charge in [0, 0.05) is 45.2 Å². The number of rotatable bonds is 6. The van der Waals surface area contributed by atoms with Crippen molar-refractivity contribution in [2.24, 2.45) is 5.92 Å². The minimum Gasteiger partial charge on any atom is -0.338 e. The Morgan fingerprint density at radius 1 is 1.19 bits per heavy atom. The predicted octanol–water partition coefficient (Wildman–Crippen LogP) is 3.08. The highest BCUT2D eigenvalue weighted by molar-refractivity contribution is 5.85. The highest BCUT2D eigenvalue weighted by Gasteiger charge is 2.38. The van der Waals surface area contributed by atoms with Crippen molar-refractivity contribution < 1.29 is 4.79 Å². The first-order chi connectivity index (χ1) is 11.8. The van der Waals surface area contributed by atoms with Crippen LogP contribution in [-0.4, -0.2) is 61.5 Å². The van der Waals surface area contributed by atoms with E-state index in [2.05, 4.69) is 51.5 Å². The van der Waals surface area contributed by atoms with Crippen molar-refractivity contribution in [1.82, 2.24) is 15.1 Å². The van der Waals surface area contributed by atoms with Crippen molar-refractivity contribution >= 4 is 36.8 Å². The summed E-state index contributed by atoms with van der Waals surface area (Å²) >= 11 is 0. The largest absolute Gasteiger partial charge is 0.338 e. The molecule has 1 N–H and O–H groups in total. The van der Waals surface area contributed by atoms with Crippen molar-refractivity contribution in [3.63, 3.8) is 0 Å². The fourth-order valence-corrected chi connectivity index (χ4v) is 4.02. The first-order valence-electron chi connectivity index (χ1n) is 9.16. The van der Waals surface area contributed by atoms with Gasteiger partial charge in [0.15, 0.2) is 0 Å². The van der Waals surface area contributed by atoms with Gasteiger partial charge in [-0.15, -0.1) is 24.8 Å². The van der Waals surface area contributed by atoms with E-state index in [0.29, 0.717) is 17.9 Å². The molecule has 0 bridgehead atoms. The third-order valence-corrected chi connectivity index (χ3v) is 5.30. The Morgan fingerprint density at radius 3 is 2.69 bits per heavy atom. The van der Waals surface area contributed by atoms with Crippen molar-refractivity contribution in [1.29, 1.82) is 0 Å². The molecule has 146 valence electrons. The number of benzene rings is 1. The summed E-state index contributed by atoms with van der Waals surface area (Å²) in [5.41, 5.74) is 1.26. The van der Waals surface area contributed by atoms with Crippen molar-refractivity contribution in [2.75, 3.05) is 39.8 Å². The molecule has 0 saturated carbocycles. The van der Waals surface area contributed by atoms with Gasteiger partial charge in [0.1, 0.15) is 0 Å². The van der Waals surface area contributed by atoms with E-state index in [1.54, 1.807) is 0 Å². The van der Waals surface area contributed by atoms with E-state index in [4.69, 9.17) is 0 Å². The highest BCUT2D eigenvalue weighted by Crippen LogP contribution is 2.31. The van der Waals surface area contributed by atoms with E-state index in [1.807, 2.05) is 13.1 Å². The van der Waals surface area contributed by atoms with Crippen LogP contribution in [0.2, 0.25) is 0 Å². The molecule has 2 aliphatic heterocycles. The number of likely N-dealkylation sites (tertiary alicyclic amines) is 2. The zero-order valence-corrected chi connectivity index (χ0v) is 17.1. The predicted molar refractivity (Wildman–Crippen MR) is 113 cm³/mol. The van der Waals surface area contributed by atoms with Gasteiger partial charge in [-0.25, -0.2) is 0 Å². The number of hydrogen-bond acceptors (Lipinski definition) is 3. The molecule has 0 aliphatic carbocycles. The third-order valence-electron chi connectivity index (χ3n) is 5.30. The molecule has 2 aliphatic rings. The second-order valence-corrected chi connectivity index (χ2v) is 6.92. The molecule has 1 aromatic rings. The van der Waals surface area contributed by atoms with Crippen LogP contribution < -0.4 is 5.32 Å². The quantitative estimate of drug-likeness (QED) is 0.797. The Labute approximate surface area is 169 Å². The number of hydrogen-bond donors (Lipinski definition) is 1. The number of halogens is 2. The maximum absolute atomic E-state index is 12.2. The lowest BCUT2D eigenvalue weighted by Gasteiger charge is -2.47. The maximum Gasteiger partial charge on any atom is 0.222 e. The van der Waals surface area contributed by atoms with E-state index in [0.717, 1.165) is 52.0 Å². The number of amides is 1. The van der Waals surface area contributed by atoms with Gasteiger partial charge in [0.05, 0.1) is 0 Å². The summed E-state index contributed by atoms with van der Waals surface area (Å²) in [6.07, 6.45) is 7.36. The Bertz CT molecular complexity index is 567. The first kappa shape index (κ1) is 23.0. The van der Waals surface area contributed by atoms with Gasteiger partial charge in [-0.1, -0.05) is 42.5 Å². The minimum atomic E-state index is 0. The van der Waals surface area contributed by atoms with E-state index >= 15 is 0 Å². The Kier molecular flexibility index (Phi) is 10.3. The van der Waals surface area contributed by atoms with Gasteiger partial charge < -0.3 is 10.2 Å². The fourth-order valence-electron chi connectivity index (χ4n) is 4.02. The summed E-state index contributed by atoms with van der Waals surface area (Å²) in [4.78, 5) is 16.9. The highest BCUT2D eigenvalue weighted by atomic mass is 35.5. The number of nitrogens with zero attached hydrogens (tertiary/aromatic N) is 2. The summed E-state index contributed by atoms with van der Waals surface area (Å²) < 4.78 is 0. The van der Waals surface area contributed by atoms with E-state index < -0.39 is 0 Å². The van der Waals surface area contributed by atoms with E-state index in [9.17, 15) is 4.79 Å². The van der Waals surface area contributed by atoms with Crippen molar-refractivity contribution in [3.05, 3.63) is 42.0 Å². The number of fused-ring (bicyclic) bond motifs is 1. The molecule has 1 aromatic carbocycles. The molecule has 2 saturated heterocycles. The molecule has 0 aromatic heterocycles. The normalized spacial score (nSPS) is 23.3. The fraction of sp³-hybridized carbons (Fsp3) is 0.550. The minimum absolute atomic E-state index is 0. The van der Waals surface area contributed by atoms with Gasteiger partial charge in [0.2, 0.25) is 5.91 Å². The van der Waals surface area contributed by atoms with Crippen LogP contribution in [0.4, 0.5) is 0 Å². The van der Waals surface area contributed by atoms with Crippen LogP contribution in [0, 0.1) is 5.92 Å². The first-order valence-corrected chi connectivity index (χ1v) is 9.16. The molecule has 26 heavy (non-hydrogen) atoms. The zero-order valence-electron chi connectivity index (χ0n) is 15.5. The molecule has 0 radical (unpaired) electrons. The molecular formula is C20H31Cl2N3O. The second kappa shape index (κ2) is 11.6. The summed E-state index contributed by atoms with van der Waals surface area (Å²) in [6, 6.07) is 10.9. The van der Waals surface area contributed by atoms with Gasteiger partial charge in [-0.2, -0.15) is 0 Å². The number of piperidine rings is 2. The van der Waals surface area contributed by atoms with Crippen LogP contribution in [-0.2, 0) is 4.79 Å². The lowest BCUT2D eigenvalue weighted by atomic mass is 9.83. The SMILES string of the molecule is CNCCN1C(=O)CC[C@H]2CN(C/C=C/c3ccccc3)CC[C@H]21.Cl.Cl. The third kappa shape index (κ3) is 5.98. The summed E-state index contributed by atoms with van der Waals surface area (Å²) in [5, 5.41) is 3.17. The van der Waals surface area contributed by atoms with Gasteiger partial charge in [-0.3, -0.25) is 9.69 Å². The van der Waals surface area contributed by atoms with Crippen LogP contribution in [0.1, 0.15) is 24.8 Å². The number of carbonyl (C=O) groups is 1. The van der Waals surface area contributed by atoms with Crippen LogP contribution in [0.3, 0.4) is 0 Å². The van der Waals surface area contributed by atoms with Crippen LogP contribution >= 0.6 is 24.8 Å². The van der Waals surface area contributed by atoms with Crippen LogP contribution in [0.5, 0.6) is 0 Å². The van der Waals surface area contributed by atoms with Crippen LogP contribution in [0.15, 0.2) is 36.4 Å². The molecule has 2 atom stereocenters. The molecule has 0 unspecified atom stereocenters. The summed E-state index contributed by atoms with van der Waals surface area (Å²) in [5.74, 6) is 0.988. The monoisotopic (exact) mass is 399 g/mol. The molecule has 3 rings (SSSR count). The Balaban J connectivity index is 0.00000169. The number of likely N-dealkylation sites (N-methyl/N-ethyl adjacent to an activating group) is 1. The van der Waals surface area contributed by atoms with Gasteiger partial charge >= 0.3 is 0 Å². The Hall–Kier alpha value is -1.07. The maximum atomic E-state index is 12.2. The average Bonchev–Trinajstić information content (AvgIpc) is 2.62. The van der Waals surface area contributed by atoms with Crippen molar-refractivity contribution in [3.8, 4) is 0 Å². The standard InChI is InChI=1S/C20H29N3O.2ClH/c1-21-12-15-23-19-11-14-22(16-18(19)9-10-20(23)24)13-5-8-17-6-3-2-4-7-17;;/h2-8,18-19,21H,9-16H2,1H3;2*1H/b8-5+;;/t18-,19+;;/m0../s1. The average molecular weight is 400 g/mol. The second-order valence-electron chi connectivity index (χ2n) is 6.92. The van der Waals surface area contributed by atoms with Crippen LogP contribution in [0.25, 0.3) is 6.08 Å². The molecule has 2 heterocycles. The molecule has 2 fully saturated rings. The lowest BCUT2D eigenvalue weighted by Crippen LogP contribution is -2.57. The summed E-state index contributed by atoms with van der Waals surface area (Å²) in [7, 11) is 1.95. The van der Waals surface area contributed by atoms with Gasteiger partial charge in [0.25, 0.3) is 0 Å². The summed E-state index contributed by atoms with van der Waals surface area (Å²) in [6.45, 7) is 4.95. The Morgan fingerprint density at radius 2 is 1.96 bits per heavy atom. The molecule has 0 spiro atoms. The van der Waals surface area contributed by atoms with Gasteiger partial charge in [-0.05, 0) is 31.4 Å². The molecule has 4 nitrogen and oxygen atoms in total. The zero-order chi connectivity index (χ0) is 16.8. The topological polar surface area (TPSA) is 35.6 Å². The van der Waals surface area contributed by atoms with E-state index in [1.165, 1.54) is 5.56 Å². The van der Waals surface area contributed by atoms with E-state index in [-0.39, 0.29) is 24.8 Å². The molecular weight excluding hydrogens is 369 g/mol.